The fourth-order valence-corrected chi connectivity index (χ4v) is 1.51. The number of Topliss-reactive ketones (excluding diaryl/α,β-unsaturated/α-hetero) is 1. The van der Waals surface area contributed by atoms with Gasteiger partial charge >= 0.3 is 0 Å². The molecule has 0 atom stereocenters. The Bertz CT molecular complexity index is 234. The molecule has 0 aromatic carbocycles. The molecule has 0 fully saturated rings. The number of carbonyl (C=O) groups excluding carboxylic acids is 1. The lowest BCUT2D eigenvalue weighted by Gasteiger charge is -2.13. The predicted octanol–water partition coefficient (Wildman–Crippen LogP) is 2.03. The quantitative estimate of drug-likeness (QED) is 0.683. The number of ketones is 1. The zero-order valence-corrected chi connectivity index (χ0v) is 9.71. The highest BCUT2D eigenvalue weighted by Gasteiger charge is 2.12. The summed E-state index contributed by atoms with van der Waals surface area (Å²) in [6, 6.07) is 0.491. The van der Waals surface area contributed by atoms with Gasteiger partial charge in [0, 0.05) is 12.5 Å². The number of hydrogen-bond acceptors (Lipinski definition) is 3. The Morgan fingerprint density at radius 1 is 1.60 bits per heavy atom. The van der Waals surface area contributed by atoms with E-state index in [4.69, 9.17) is 4.74 Å². The van der Waals surface area contributed by atoms with Crippen LogP contribution in [0.25, 0.3) is 0 Å². The summed E-state index contributed by atoms with van der Waals surface area (Å²) in [7, 11) is 0. The van der Waals surface area contributed by atoms with Crippen molar-refractivity contribution in [2.24, 2.45) is 0 Å². The Morgan fingerprint density at radius 2 is 2.40 bits per heavy atom. The minimum atomic E-state index is 0.153. The number of nitrogens with one attached hydrogen (secondary N) is 1. The van der Waals surface area contributed by atoms with E-state index in [0.717, 1.165) is 25.8 Å². The monoisotopic (exact) mass is 211 g/mol. The summed E-state index contributed by atoms with van der Waals surface area (Å²) in [5, 5.41) is 3.29. The molecule has 0 bridgehead atoms. The molecule has 0 unspecified atom stereocenters. The van der Waals surface area contributed by atoms with Crippen LogP contribution in [-0.4, -0.2) is 25.0 Å². The molecular formula is C12H21NO2. The van der Waals surface area contributed by atoms with Gasteiger partial charge in [-0.2, -0.15) is 0 Å². The molecule has 1 rings (SSSR count). The summed E-state index contributed by atoms with van der Waals surface area (Å²) in [5.41, 5.74) is 0. The van der Waals surface area contributed by atoms with Crippen LogP contribution in [0.1, 0.15) is 39.5 Å². The summed E-state index contributed by atoms with van der Waals surface area (Å²) in [6.45, 7) is 5.81. The Balaban J connectivity index is 2.15. The Kier molecular flexibility index (Phi) is 5.40. The molecule has 0 spiro atoms. The van der Waals surface area contributed by atoms with Crippen LogP contribution in [0, 0.1) is 0 Å². The average molecular weight is 211 g/mol. The van der Waals surface area contributed by atoms with Gasteiger partial charge in [0.15, 0.2) is 11.5 Å². The van der Waals surface area contributed by atoms with Gasteiger partial charge in [-0.15, -0.1) is 0 Å². The number of ether oxygens (including phenoxy) is 1. The first-order chi connectivity index (χ1) is 7.20. The van der Waals surface area contributed by atoms with Crippen molar-refractivity contribution in [1.82, 2.24) is 5.32 Å². The average Bonchev–Trinajstić information content (AvgIpc) is 2.25. The summed E-state index contributed by atoms with van der Waals surface area (Å²) >= 11 is 0. The van der Waals surface area contributed by atoms with Gasteiger partial charge in [0.1, 0.15) is 0 Å². The van der Waals surface area contributed by atoms with Crippen LogP contribution in [0.5, 0.6) is 0 Å². The zero-order valence-electron chi connectivity index (χ0n) is 9.71. The Hall–Kier alpha value is -0.830. The highest BCUT2D eigenvalue weighted by Crippen LogP contribution is 2.12. The molecule has 0 aromatic heterocycles. The lowest BCUT2D eigenvalue weighted by Crippen LogP contribution is -2.24. The summed E-state index contributed by atoms with van der Waals surface area (Å²) in [6.07, 6.45) is 5.40. The van der Waals surface area contributed by atoms with Gasteiger partial charge in [-0.25, -0.2) is 0 Å². The molecule has 1 aliphatic rings. The minimum absolute atomic E-state index is 0.153. The fourth-order valence-electron chi connectivity index (χ4n) is 1.51. The largest absolute Gasteiger partial charge is 0.490 e. The molecule has 86 valence electrons. The van der Waals surface area contributed by atoms with Crippen LogP contribution < -0.4 is 5.32 Å². The first kappa shape index (κ1) is 12.2. The summed E-state index contributed by atoms with van der Waals surface area (Å²) in [5.74, 6) is 0.742. The van der Waals surface area contributed by atoms with Crippen LogP contribution in [-0.2, 0) is 9.53 Å². The number of hydrogen-bond donors (Lipinski definition) is 1. The highest BCUT2D eigenvalue weighted by molar-refractivity contribution is 5.93. The van der Waals surface area contributed by atoms with Crippen LogP contribution in [0.2, 0.25) is 0 Å². The smallest absolute Gasteiger partial charge is 0.197 e. The second kappa shape index (κ2) is 6.62. The van der Waals surface area contributed by atoms with Gasteiger partial charge in [0.05, 0.1) is 6.61 Å². The first-order valence-corrected chi connectivity index (χ1v) is 5.79. The van der Waals surface area contributed by atoms with E-state index in [1.807, 2.05) is 6.08 Å². The second-order valence-corrected chi connectivity index (χ2v) is 4.19. The van der Waals surface area contributed by atoms with Gasteiger partial charge in [-0.3, -0.25) is 4.79 Å². The van der Waals surface area contributed by atoms with Crippen molar-refractivity contribution < 1.29 is 9.53 Å². The Morgan fingerprint density at radius 3 is 3.00 bits per heavy atom. The summed E-state index contributed by atoms with van der Waals surface area (Å²) < 4.78 is 5.31. The molecule has 1 heterocycles. The van der Waals surface area contributed by atoms with Gasteiger partial charge in [0.2, 0.25) is 0 Å². The molecule has 0 amide bonds. The van der Waals surface area contributed by atoms with Crippen LogP contribution >= 0.6 is 0 Å². The van der Waals surface area contributed by atoms with Crippen LogP contribution in [0.3, 0.4) is 0 Å². The predicted molar refractivity (Wildman–Crippen MR) is 60.6 cm³/mol. The van der Waals surface area contributed by atoms with Crippen molar-refractivity contribution in [3.8, 4) is 0 Å². The van der Waals surface area contributed by atoms with Crippen LogP contribution in [0.15, 0.2) is 11.8 Å². The van der Waals surface area contributed by atoms with E-state index >= 15 is 0 Å². The Labute approximate surface area is 91.9 Å². The van der Waals surface area contributed by atoms with Crippen molar-refractivity contribution in [2.75, 3.05) is 13.2 Å². The van der Waals surface area contributed by atoms with Crippen molar-refractivity contribution in [3.63, 3.8) is 0 Å². The summed E-state index contributed by atoms with van der Waals surface area (Å²) in [4.78, 5) is 11.6. The molecular weight excluding hydrogens is 190 g/mol. The third kappa shape index (κ3) is 4.98. The lowest BCUT2D eigenvalue weighted by molar-refractivity contribution is -0.119. The van der Waals surface area contributed by atoms with E-state index in [0.29, 0.717) is 24.8 Å². The third-order valence-corrected chi connectivity index (χ3v) is 2.34. The lowest BCUT2D eigenvalue weighted by atomic mass is 10.1. The van der Waals surface area contributed by atoms with Gasteiger partial charge < -0.3 is 10.1 Å². The zero-order chi connectivity index (χ0) is 11.1. The van der Waals surface area contributed by atoms with Crippen molar-refractivity contribution in [2.45, 2.75) is 45.6 Å². The van der Waals surface area contributed by atoms with Gasteiger partial charge in [0.25, 0.3) is 0 Å². The molecule has 1 aliphatic heterocycles. The van der Waals surface area contributed by atoms with Gasteiger partial charge in [-0.05, 0) is 31.9 Å². The third-order valence-electron chi connectivity index (χ3n) is 2.34. The van der Waals surface area contributed by atoms with Crippen LogP contribution in [0.4, 0.5) is 0 Å². The molecule has 0 radical (unpaired) electrons. The van der Waals surface area contributed by atoms with E-state index in [-0.39, 0.29) is 5.78 Å². The molecule has 0 saturated heterocycles. The van der Waals surface area contributed by atoms with Gasteiger partial charge in [-0.1, -0.05) is 13.8 Å². The van der Waals surface area contributed by atoms with E-state index in [9.17, 15) is 4.79 Å². The van der Waals surface area contributed by atoms with Crippen molar-refractivity contribution in [1.29, 1.82) is 0 Å². The molecule has 3 nitrogen and oxygen atoms in total. The van der Waals surface area contributed by atoms with E-state index in [1.54, 1.807) is 0 Å². The van der Waals surface area contributed by atoms with E-state index < -0.39 is 0 Å². The molecule has 3 heteroatoms. The second-order valence-electron chi connectivity index (χ2n) is 4.19. The van der Waals surface area contributed by atoms with Crippen molar-refractivity contribution >= 4 is 5.78 Å². The van der Waals surface area contributed by atoms with Crippen molar-refractivity contribution in [3.05, 3.63) is 11.8 Å². The van der Waals surface area contributed by atoms with E-state index in [2.05, 4.69) is 19.2 Å². The SMILES string of the molecule is CC(C)NCCCC(=O)C1=CCCCO1. The maximum atomic E-state index is 11.6. The molecule has 15 heavy (non-hydrogen) atoms. The first-order valence-electron chi connectivity index (χ1n) is 5.79. The minimum Gasteiger partial charge on any atom is -0.490 e. The number of carbonyl (C=O) groups is 1. The standard InChI is InChI=1S/C12H21NO2/c1-10(2)13-8-5-6-11(14)12-7-3-4-9-15-12/h7,10,13H,3-6,8-9H2,1-2H3. The molecule has 1 N–H and O–H groups in total. The normalized spacial score (nSPS) is 16.1. The molecule has 0 saturated carbocycles. The number of rotatable bonds is 6. The molecule has 0 aromatic rings. The maximum Gasteiger partial charge on any atom is 0.197 e. The fraction of sp³-hybridized carbons (Fsp3) is 0.750. The highest BCUT2D eigenvalue weighted by atomic mass is 16.5. The number of allylic oxidation sites excluding steroid dienone is 2. The van der Waals surface area contributed by atoms with E-state index in [1.165, 1.54) is 0 Å². The topological polar surface area (TPSA) is 38.3 Å². The maximum absolute atomic E-state index is 11.6. The molecule has 0 aliphatic carbocycles.